The number of benzene rings is 4. The van der Waals surface area contributed by atoms with E-state index in [1.807, 2.05) is 52.5 Å². The van der Waals surface area contributed by atoms with Crippen molar-refractivity contribution in [2.45, 2.75) is 13.1 Å². The van der Waals surface area contributed by atoms with Crippen LogP contribution in [0.3, 0.4) is 0 Å². The number of nitrogens with zero attached hydrogens (tertiary/aromatic N) is 2. The Balaban J connectivity index is 1.94. The van der Waals surface area contributed by atoms with E-state index in [1.165, 1.54) is 11.1 Å². The van der Waals surface area contributed by atoms with Crippen molar-refractivity contribution in [2.24, 2.45) is 0 Å². The lowest BCUT2D eigenvalue weighted by atomic mass is 9.91. The predicted molar refractivity (Wildman–Crippen MR) is 125 cm³/mol. The van der Waals surface area contributed by atoms with Crippen molar-refractivity contribution in [2.75, 3.05) is 28.2 Å². The number of aromatic hydroxyl groups is 2. The van der Waals surface area contributed by atoms with E-state index in [4.69, 9.17) is 0 Å². The van der Waals surface area contributed by atoms with E-state index in [2.05, 4.69) is 34.1 Å². The quantitative estimate of drug-likeness (QED) is 0.484. The van der Waals surface area contributed by atoms with Gasteiger partial charge in [0.2, 0.25) is 0 Å². The molecule has 0 atom stereocenters. The van der Waals surface area contributed by atoms with E-state index in [0.29, 0.717) is 11.1 Å². The van der Waals surface area contributed by atoms with E-state index in [9.17, 15) is 10.2 Å². The zero-order chi connectivity index (χ0) is 21.4. The molecule has 0 fully saturated rings. The molecule has 0 spiro atoms. The van der Waals surface area contributed by atoms with Crippen LogP contribution in [-0.4, -0.2) is 48.2 Å². The fourth-order valence-corrected chi connectivity index (χ4v) is 4.19. The van der Waals surface area contributed by atoms with Gasteiger partial charge in [0.15, 0.2) is 0 Å². The van der Waals surface area contributed by atoms with E-state index < -0.39 is 0 Å². The Hall–Kier alpha value is -3.08. The summed E-state index contributed by atoms with van der Waals surface area (Å²) in [6.45, 7) is 1.70. The minimum atomic E-state index is 0.169. The molecule has 4 nitrogen and oxygen atoms in total. The topological polar surface area (TPSA) is 46.9 Å². The molecule has 0 saturated carbocycles. The highest BCUT2D eigenvalue weighted by Crippen LogP contribution is 2.44. The molecule has 0 amide bonds. The van der Waals surface area contributed by atoms with Crippen LogP contribution in [-0.2, 0) is 13.1 Å². The van der Waals surface area contributed by atoms with Gasteiger partial charge in [-0.3, -0.25) is 0 Å². The third kappa shape index (κ3) is 3.84. The molecule has 30 heavy (non-hydrogen) atoms. The summed E-state index contributed by atoms with van der Waals surface area (Å²) in [7, 11) is 8.19. The molecule has 0 aliphatic heterocycles. The molecule has 4 aromatic rings. The Morgan fingerprint density at radius 2 is 0.967 bits per heavy atom. The van der Waals surface area contributed by atoms with Gasteiger partial charge in [-0.2, -0.15) is 0 Å². The number of hydrogen-bond acceptors (Lipinski definition) is 4. The first-order chi connectivity index (χ1) is 14.3. The van der Waals surface area contributed by atoms with Crippen LogP contribution in [0.5, 0.6) is 11.5 Å². The van der Waals surface area contributed by atoms with Crippen LogP contribution in [0.4, 0.5) is 0 Å². The molecule has 4 aromatic carbocycles. The lowest BCUT2D eigenvalue weighted by Gasteiger charge is -2.16. The third-order valence-corrected chi connectivity index (χ3v) is 5.37. The highest BCUT2D eigenvalue weighted by Gasteiger charge is 2.17. The molecule has 0 bridgehead atoms. The molecule has 0 aromatic heterocycles. The molecule has 0 aliphatic carbocycles. The van der Waals surface area contributed by atoms with Crippen LogP contribution in [0.2, 0.25) is 0 Å². The largest absolute Gasteiger partial charge is 0.507 e. The summed E-state index contributed by atoms with van der Waals surface area (Å²) >= 11 is 0. The van der Waals surface area contributed by atoms with Gasteiger partial charge in [-0.05, 0) is 85.1 Å². The van der Waals surface area contributed by atoms with E-state index in [0.717, 1.165) is 34.6 Å². The number of fused-ring (bicyclic) bond motifs is 2. The van der Waals surface area contributed by atoms with Gasteiger partial charge in [0, 0.05) is 24.2 Å². The minimum absolute atomic E-state index is 0.169. The van der Waals surface area contributed by atoms with Crippen molar-refractivity contribution in [1.29, 1.82) is 0 Å². The zero-order valence-electron chi connectivity index (χ0n) is 18.0. The molecule has 2 N–H and O–H groups in total. The smallest absolute Gasteiger partial charge is 0.124 e. The van der Waals surface area contributed by atoms with Crippen LogP contribution >= 0.6 is 0 Å². The van der Waals surface area contributed by atoms with E-state index >= 15 is 0 Å². The Kier molecular flexibility index (Phi) is 5.37. The van der Waals surface area contributed by atoms with Gasteiger partial charge in [-0.1, -0.05) is 36.4 Å². The van der Waals surface area contributed by atoms with Crippen molar-refractivity contribution in [1.82, 2.24) is 9.80 Å². The summed E-state index contributed by atoms with van der Waals surface area (Å²) in [5, 5.41) is 25.6. The number of phenolic OH excluding ortho intramolecular Hbond substituents is 2. The fraction of sp³-hybridized carbons (Fsp3) is 0.231. The Bertz CT molecular complexity index is 1130. The van der Waals surface area contributed by atoms with Crippen molar-refractivity contribution in [3.05, 3.63) is 71.8 Å². The van der Waals surface area contributed by atoms with Crippen molar-refractivity contribution < 1.29 is 10.2 Å². The average molecular weight is 401 g/mol. The maximum absolute atomic E-state index is 10.8. The summed E-state index contributed by atoms with van der Waals surface area (Å²) in [6.07, 6.45) is 0. The number of phenols is 2. The molecule has 0 saturated heterocycles. The average Bonchev–Trinajstić information content (AvgIpc) is 2.68. The lowest BCUT2D eigenvalue weighted by molar-refractivity contribution is 0.402. The summed E-state index contributed by atoms with van der Waals surface area (Å²) in [4.78, 5) is 4.26. The Morgan fingerprint density at radius 3 is 1.33 bits per heavy atom. The Morgan fingerprint density at radius 1 is 0.567 bits per heavy atom. The maximum atomic E-state index is 10.8. The Labute approximate surface area is 177 Å². The monoisotopic (exact) mass is 400 g/mol. The minimum Gasteiger partial charge on any atom is -0.507 e. The van der Waals surface area contributed by atoms with Gasteiger partial charge in [0.25, 0.3) is 0 Å². The first kappa shape index (κ1) is 20.2. The van der Waals surface area contributed by atoms with E-state index in [-0.39, 0.29) is 11.5 Å². The first-order valence-electron chi connectivity index (χ1n) is 10.1. The molecule has 4 rings (SSSR count). The van der Waals surface area contributed by atoms with Crippen LogP contribution in [0.1, 0.15) is 11.1 Å². The SMILES string of the molecule is CN(C)Cc1ccc2c(-c3c(O)ccc4cc(CN(C)C)ccc34)c(O)ccc2c1. The summed E-state index contributed by atoms with van der Waals surface area (Å²) in [5.41, 5.74) is 3.76. The maximum Gasteiger partial charge on any atom is 0.124 e. The number of rotatable bonds is 5. The van der Waals surface area contributed by atoms with Gasteiger partial charge in [-0.25, -0.2) is 0 Å². The van der Waals surface area contributed by atoms with Gasteiger partial charge < -0.3 is 20.0 Å². The van der Waals surface area contributed by atoms with Crippen LogP contribution in [0, 0.1) is 0 Å². The molecule has 154 valence electrons. The molecule has 0 heterocycles. The van der Waals surface area contributed by atoms with Gasteiger partial charge in [0.05, 0.1) is 0 Å². The van der Waals surface area contributed by atoms with Gasteiger partial charge in [-0.15, -0.1) is 0 Å². The predicted octanol–water partition coefficient (Wildman–Crippen LogP) is 5.19. The third-order valence-electron chi connectivity index (χ3n) is 5.37. The van der Waals surface area contributed by atoms with Gasteiger partial charge in [0.1, 0.15) is 11.5 Å². The normalized spacial score (nSPS) is 11.8. The highest BCUT2D eigenvalue weighted by atomic mass is 16.3. The zero-order valence-corrected chi connectivity index (χ0v) is 18.0. The van der Waals surface area contributed by atoms with Crippen molar-refractivity contribution in [3.63, 3.8) is 0 Å². The molecule has 0 unspecified atom stereocenters. The summed E-state index contributed by atoms with van der Waals surface area (Å²) in [5.74, 6) is 0.339. The number of hydrogen-bond donors (Lipinski definition) is 2. The van der Waals surface area contributed by atoms with E-state index in [1.54, 1.807) is 12.1 Å². The lowest BCUT2D eigenvalue weighted by Crippen LogP contribution is -2.10. The standard InChI is InChI=1S/C26H28N2O2/c1-27(2)15-17-5-9-21-19(13-17)7-11-23(29)25(21)26-22-10-6-18(16-28(3)4)14-20(22)8-12-24(26)30/h5-14,29-30H,15-16H2,1-4H3. The fourth-order valence-electron chi connectivity index (χ4n) is 4.19. The highest BCUT2D eigenvalue weighted by molar-refractivity contribution is 6.09. The van der Waals surface area contributed by atoms with Crippen LogP contribution in [0.15, 0.2) is 60.7 Å². The van der Waals surface area contributed by atoms with Crippen molar-refractivity contribution >= 4 is 21.5 Å². The summed E-state index contributed by atoms with van der Waals surface area (Å²) < 4.78 is 0. The van der Waals surface area contributed by atoms with Crippen molar-refractivity contribution in [3.8, 4) is 22.6 Å². The van der Waals surface area contributed by atoms with Crippen LogP contribution in [0.25, 0.3) is 32.7 Å². The van der Waals surface area contributed by atoms with Crippen LogP contribution < -0.4 is 0 Å². The molecular formula is C26H28N2O2. The molecule has 4 heteroatoms. The second-order valence-corrected chi connectivity index (χ2v) is 8.51. The van der Waals surface area contributed by atoms with Gasteiger partial charge >= 0.3 is 0 Å². The summed E-state index contributed by atoms with van der Waals surface area (Å²) in [6, 6.07) is 19.9. The second-order valence-electron chi connectivity index (χ2n) is 8.51. The first-order valence-corrected chi connectivity index (χ1v) is 10.1. The second kappa shape index (κ2) is 7.98. The molecule has 0 radical (unpaired) electrons. The molecular weight excluding hydrogens is 372 g/mol. The molecule has 0 aliphatic rings.